The van der Waals surface area contributed by atoms with E-state index in [1.807, 2.05) is 19.4 Å². The average molecular weight is 344 g/mol. The molecule has 0 saturated heterocycles. The summed E-state index contributed by atoms with van der Waals surface area (Å²) >= 11 is 0. The maximum atomic E-state index is 4.46. The number of hydrogen-bond donors (Lipinski definition) is 3. The molecular formula is C19H21BN6. The Balaban J connectivity index is 1.50. The van der Waals surface area contributed by atoms with Crippen molar-refractivity contribution in [1.82, 2.24) is 20.2 Å². The molecule has 0 fully saturated rings. The van der Waals surface area contributed by atoms with Crippen molar-refractivity contribution in [2.45, 2.75) is 12.8 Å². The van der Waals surface area contributed by atoms with Crippen molar-refractivity contribution in [2.75, 3.05) is 24.2 Å². The van der Waals surface area contributed by atoms with E-state index in [9.17, 15) is 0 Å². The molecule has 0 saturated carbocycles. The lowest BCUT2D eigenvalue weighted by molar-refractivity contribution is 0.979. The van der Waals surface area contributed by atoms with Gasteiger partial charge in [0.05, 0.1) is 5.52 Å². The molecule has 6 nitrogen and oxygen atoms in total. The zero-order valence-corrected chi connectivity index (χ0v) is 15.0. The van der Waals surface area contributed by atoms with E-state index in [0.717, 1.165) is 47.2 Å². The molecule has 4 rings (SSSR count). The first kappa shape index (κ1) is 16.4. The van der Waals surface area contributed by atoms with E-state index in [1.54, 1.807) is 0 Å². The van der Waals surface area contributed by atoms with Crippen LogP contribution in [0.5, 0.6) is 0 Å². The Morgan fingerprint density at radius 2 is 2.04 bits per heavy atom. The van der Waals surface area contributed by atoms with Crippen molar-refractivity contribution in [2.24, 2.45) is 0 Å². The van der Waals surface area contributed by atoms with Crippen LogP contribution < -0.4 is 10.6 Å². The van der Waals surface area contributed by atoms with Gasteiger partial charge in [-0.25, -0.2) is 9.97 Å². The number of benzene rings is 1. The molecule has 0 unspecified atom stereocenters. The number of nitrogens with one attached hydrogen (secondary N) is 3. The summed E-state index contributed by atoms with van der Waals surface area (Å²) in [5, 5.41) is 14.7. The number of H-pyrrole nitrogens is 1. The Kier molecular flexibility index (Phi) is 4.43. The molecule has 3 aromatic rings. The van der Waals surface area contributed by atoms with Crippen molar-refractivity contribution in [3.8, 4) is 11.1 Å². The second-order valence-electron chi connectivity index (χ2n) is 6.48. The molecule has 0 spiro atoms. The number of aromatic nitrogens is 4. The average Bonchev–Trinajstić information content (AvgIpc) is 3.10. The highest BCUT2D eigenvalue weighted by atomic mass is 15.2. The molecule has 7 heteroatoms. The number of rotatable bonds is 5. The third-order valence-corrected chi connectivity index (χ3v) is 4.77. The first-order chi connectivity index (χ1) is 12.7. The Hall–Kier alpha value is -3.09. The third-order valence-electron chi connectivity index (χ3n) is 4.77. The standard InChI is InChI=1S/C19H21BN6/c1-21-18-15-7-6-12(8-17(15)25-26-18)14-10-23-19(24-11-14)22-9-13-4-2-3-5-16(13)20/h2,4,6-8,10-11H,3,5,9,20H2,1H3,(H2,21,25,26)(H,22,23,24). The number of aromatic amines is 1. The van der Waals surface area contributed by atoms with E-state index >= 15 is 0 Å². The van der Waals surface area contributed by atoms with Crippen LogP contribution in [0.3, 0.4) is 0 Å². The van der Waals surface area contributed by atoms with E-state index in [-0.39, 0.29) is 0 Å². The van der Waals surface area contributed by atoms with E-state index in [2.05, 4.69) is 69.0 Å². The summed E-state index contributed by atoms with van der Waals surface area (Å²) in [5.41, 5.74) is 5.79. The van der Waals surface area contributed by atoms with Crippen LogP contribution in [0.15, 0.2) is 53.8 Å². The SMILES string of the molecule is BC1=C(CNc2ncc(-c3ccc4c(NC)n[nH]c4c3)cn2)C=CCC1. The van der Waals surface area contributed by atoms with Crippen molar-refractivity contribution < 1.29 is 0 Å². The molecule has 3 N–H and O–H groups in total. The van der Waals surface area contributed by atoms with Gasteiger partial charge >= 0.3 is 0 Å². The van der Waals surface area contributed by atoms with Gasteiger partial charge in [0.15, 0.2) is 5.82 Å². The number of hydrogen-bond acceptors (Lipinski definition) is 5. The Morgan fingerprint density at radius 3 is 2.81 bits per heavy atom. The number of fused-ring (bicyclic) bond motifs is 1. The Morgan fingerprint density at radius 1 is 1.19 bits per heavy atom. The zero-order chi connectivity index (χ0) is 17.9. The number of allylic oxidation sites excluding steroid dienone is 2. The molecule has 1 aliphatic rings. The normalized spacial score (nSPS) is 14.0. The number of anilines is 2. The summed E-state index contributed by atoms with van der Waals surface area (Å²) in [6.45, 7) is 0.759. The van der Waals surface area contributed by atoms with Gasteiger partial charge in [0.25, 0.3) is 0 Å². The predicted molar refractivity (Wildman–Crippen MR) is 109 cm³/mol. The minimum Gasteiger partial charge on any atom is -0.371 e. The van der Waals surface area contributed by atoms with E-state index < -0.39 is 0 Å². The van der Waals surface area contributed by atoms with Gasteiger partial charge < -0.3 is 10.6 Å². The van der Waals surface area contributed by atoms with Gasteiger partial charge in [0, 0.05) is 36.9 Å². The lowest BCUT2D eigenvalue weighted by Crippen LogP contribution is -2.10. The molecule has 0 atom stereocenters. The lowest BCUT2D eigenvalue weighted by Gasteiger charge is -2.13. The highest BCUT2D eigenvalue weighted by Crippen LogP contribution is 2.26. The van der Waals surface area contributed by atoms with Crippen LogP contribution in [0, 0.1) is 0 Å². The fourth-order valence-corrected chi connectivity index (χ4v) is 3.17. The topological polar surface area (TPSA) is 78.5 Å². The molecule has 1 aliphatic carbocycles. The quantitative estimate of drug-likeness (QED) is 0.621. The summed E-state index contributed by atoms with van der Waals surface area (Å²) in [5.74, 6) is 1.50. The minimum atomic E-state index is 0.646. The summed E-state index contributed by atoms with van der Waals surface area (Å²) in [4.78, 5) is 8.92. The van der Waals surface area contributed by atoms with Crippen LogP contribution in [0.1, 0.15) is 12.8 Å². The van der Waals surface area contributed by atoms with Gasteiger partial charge in [-0.2, -0.15) is 5.10 Å². The van der Waals surface area contributed by atoms with Gasteiger partial charge in [-0.15, -0.1) is 5.47 Å². The van der Waals surface area contributed by atoms with Crippen LogP contribution in [-0.2, 0) is 0 Å². The molecule has 0 radical (unpaired) electrons. The fourth-order valence-electron chi connectivity index (χ4n) is 3.17. The van der Waals surface area contributed by atoms with Crippen molar-refractivity contribution in [3.05, 3.63) is 53.8 Å². The second-order valence-corrected chi connectivity index (χ2v) is 6.48. The highest BCUT2D eigenvalue weighted by Gasteiger charge is 2.08. The molecule has 2 aromatic heterocycles. The molecule has 1 aromatic carbocycles. The fraction of sp³-hybridized carbons (Fsp3) is 0.211. The van der Waals surface area contributed by atoms with Gasteiger partial charge in [0.1, 0.15) is 7.85 Å². The first-order valence-electron chi connectivity index (χ1n) is 8.82. The maximum Gasteiger partial charge on any atom is 0.222 e. The largest absolute Gasteiger partial charge is 0.371 e. The molecule has 26 heavy (non-hydrogen) atoms. The molecule has 2 heterocycles. The van der Waals surface area contributed by atoms with Gasteiger partial charge in [-0.1, -0.05) is 18.2 Å². The molecule has 0 aliphatic heterocycles. The molecule has 0 bridgehead atoms. The second kappa shape index (κ2) is 7.03. The minimum absolute atomic E-state index is 0.646. The summed E-state index contributed by atoms with van der Waals surface area (Å²) in [6, 6.07) is 6.18. The smallest absolute Gasteiger partial charge is 0.222 e. The lowest BCUT2D eigenvalue weighted by atomic mass is 9.83. The van der Waals surface area contributed by atoms with E-state index in [1.165, 1.54) is 11.0 Å². The maximum absolute atomic E-state index is 4.46. The van der Waals surface area contributed by atoms with Crippen molar-refractivity contribution in [1.29, 1.82) is 0 Å². The third kappa shape index (κ3) is 3.20. The van der Waals surface area contributed by atoms with Gasteiger partial charge in [-0.3, -0.25) is 5.10 Å². The number of nitrogens with zero attached hydrogens (tertiary/aromatic N) is 3. The van der Waals surface area contributed by atoms with Crippen LogP contribution in [0.25, 0.3) is 22.0 Å². The zero-order valence-electron chi connectivity index (χ0n) is 15.0. The predicted octanol–water partition coefficient (Wildman–Crippen LogP) is 2.71. The highest BCUT2D eigenvalue weighted by molar-refractivity contribution is 6.22. The molecule has 130 valence electrons. The van der Waals surface area contributed by atoms with Crippen LogP contribution in [0.4, 0.5) is 11.8 Å². The Bertz CT molecular complexity index is 987. The van der Waals surface area contributed by atoms with Gasteiger partial charge in [-0.05, 0) is 36.1 Å². The summed E-state index contributed by atoms with van der Waals surface area (Å²) in [7, 11) is 4.05. The van der Waals surface area contributed by atoms with Crippen LogP contribution in [0.2, 0.25) is 0 Å². The van der Waals surface area contributed by atoms with E-state index in [0.29, 0.717) is 5.95 Å². The molecule has 0 amide bonds. The van der Waals surface area contributed by atoms with E-state index in [4.69, 9.17) is 0 Å². The van der Waals surface area contributed by atoms with Crippen molar-refractivity contribution >= 4 is 30.5 Å². The van der Waals surface area contributed by atoms with Crippen LogP contribution >= 0.6 is 0 Å². The van der Waals surface area contributed by atoms with Gasteiger partial charge in [0.2, 0.25) is 5.95 Å². The molecular weight excluding hydrogens is 323 g/mol. The Labute approximate surface area is 153 Å². The summed E-state index contributed by atoms with van der Waals surface area (Å²) < 4.78 is 0. The summed E-state index contributed by atoms with van der Waals surface area (Å²) in [6.07, 6.45) is 10.4. The first-order valence-corrected chi connectivity index (χ1v) is 8.82. The van der Waals surface area contributed by atoms with Crippen molar-refractivity contribution in [3.63, 3.8) is 0 Å². The van der Waals surface area contributed by atoms with Crippen LogP contribution in [-0.4, -0.2) is 41.6 Å². The monoisotopic (exact) mass is 344 g/mol.